The molecular weight excluding hydrogens is 457 g/mol. The highest BCUT2D eigenvalue weighted by atomic mass is 32.1. The van der Waals surface area contributed by atoms with Gasteiger partial charge in [0, 0.05) is 24.0 Å². The molecule has 5 N–H and O–H groups in total. The highest BCUT2D eigenvalue weighted by Gasteiger charge is 2.28. The summed E-state index contributed by atoms with van der Waals surface area (Å²) in [5.74, 6) is 0.0509. The SMILES string of the molecule is CC(C)(O)[C@H](F)CNC(=O)c1cnc(Nc2ccc3ncsc3c2)cc1N[C@H]1CCCC(O)C1. The number of aliphatic hydroxyl groups is 2. The van der Waals surface area contributed by atoms with Gasteiger partial charge in [-0.15, -0.1) is 11.3 Å². The molecule has 0 radical (unpaired) electrons. The van der Waals surface area contributed by atoms with Gasteiger partial charge in [-0.25, -0.2) is 14.4 Å². The molecule has 1 aliphatic rings. The lowest BCUT2D eigenvalue weighted by Gasteiger charge is -2.28. The maximum absolute atomic E-state index is 14.2. The highest BCUT2D eigenvalue weighted by molar-refractivity contribution is 7.16. The first kappa shape index (κ1) is 24.3. The summed E-state index contributed by atoms with van der Waals surface area (Å²) in [6, 6.07) is 7.57. The second kappa shape index (κ2) is 10.2. The number of nitrogens with zero attached hydrogens (tertiary/aromatic N) is 2. The molecule has 2 aromatic heterocycles. The van der Waals surface area contributed by atoms with Crippen LogP contribution < -0.4 is 16.0 Å². The molecule has 10 heteroatoms. The molecule has 1 amide bonds. The molecule has 4 rings (SSSR count). The number of halogens is 1. The van der Waals surface area contributed by atoms with Crippen molar-refractivity contribution in [2.24, 2.45) is 0 Å². The second-order valence-corrected chi connectivity index (χ2v) is 10.2. The third kappa shape index (κ3) is 5.99. The van der Waals surface area contributed by atoms with Crippen LogP contribution >= 0.6 is 11.3 Å². The summed E-state index contributed by atoms with van der Waals surface area (Å²) in [4.78, 5) is 21.6. The van der Waals surface area contributed by atoms with E-state index in [1.54, 1.807) is 22.9 Å². The first-order chi connectivity index (χ1) is 16.2. The molecule has 1 fully saturated rings. The average Bonchev–Trinajstić information content (AvgIpc) is 3.25. The monoisotopic (exact) mass is 487 g/mol. The standard InChI is InChI=1S/C24H30FN5O3S/c1-24(2,33)21(25)12-27-23(32)17-11-26-22(10-19(17)29-14-4-3-5-16(31)8-14)30-15-6-7-18-20(9-15)34-13-28-18/h6-7,9-11,13-14,16,21,31,33H,3-5,8,12H2,1-2H3,(H,27,32)(H2,26,29,30)/t14-,16?,21+/m0/s1. The number of carbonyl (C=O) groups excluding carboxylic acids is 1. The molecule has 3 aromatic rings. The third-order valence-electron chi connectivity index (χ3n) is 5.97. The number of aliphatic hydroxyl groups excluding tert-OH is 1. The number of aromatic nitrogens is 2. The van der Waals surface area contributed by atoms with Crippen molar-refractivity contribution in [3.05, 3.63) is 41.5 Å². The fraction of sp³-hybridized carbons (Fsp3) is 0.458. The molecule has 1 aliphatic carbocycles. The normalized spacial score (nSPS) is 19.6. The number of hydrogen-bond donors (Lipinski definition) is 5. The van der Waals surface area contributed by atoms with Gasteiger partial charge in [-0.05, 0) is 57.7 Å². The van der Waals surface area contributed by atoms with Crippen LogP contribution in [-0.2, 0) is 0 Å². The Kier molecular flexibility index (Phi) is 7.30. The average molecular weight is 488 g/mol. The Hall–Kier alpha value is -2.82. The zero-order valence-electron chi connectivity index (χ0n) is 19.2. The summed E-state index contributed by atoms with van der Waals surface area (Å²) in [5.41, 5.74) is 2.81. The topological polar surface area (TPSA) is 119 Å². The van der Waals surface area contributed by atoms with Gasteiger partial charge in [0.05, 0.1) is 45.2 Å². The van der Waals surface area contributed by atoms with Crippen LogP contribution in [0.25, 0.3) is 10.2 Å². The lowest BCUT2D eigenvalue weighted by atomic mass is 9.92. The molecule has 34 heavy (non-hydrogen) atoms. The van der Waals surface area contributed by atoms with E-state index in [2.05, 4.69) is 25.9 Å². The van der Waals surface area contributed by atoms with E-state index in [4.69, 9.17) is 0 Å². The Morgan fingerprint density at radius 1 is 1.29 bits per heavy atom. The summed E-state index contributed by atoms with van der Waals surface area (Å²) in [5, 5.41) is 29.1. The van der Waals surface area contributed by atoms with E-state index in [9.17, 15) is 19.4 Å². The van der Waals surface area contributed by atoms with Crippen LogP contribution in [0.5, 0.6) is 0 Å². The predicted octanol–water partition coefficient (Wildman–Crippen LogP) is 3.99. The largest absolute Gasteiger partial charge is 0.393 e. The zero-order chi connectivity index (χ0) is 24.3. The fourth-order valence-electron chi connectivity index (χ4n) is 3.95. The van der Waals surface area contributed by atoms with E-state index in [0.717, 1.165) is 35.2 Å². The van der Waals surface area contributed by atoms with Crippen LogP contribution in [0.4, 0.5) is 21.6 Å². The first-order valence-electron chi connectivity index (χ1n) is 11.4. The summed E-state index contributed by atoms with van der Waals surface area (Å²) >= 11 is 1.55. The van der Waals surface area contributed by atoms with Gasteiger partial charge in [-0.3, -0.25) is 4.79 Å². The van der Waals surface area contributed by atoms with Crippen molar-refractivity contribution in [1.82, 2.24) is 15.3 Å². The van der Waals surface area contributed by atoms with Crippen LogP contribution in [0.15, 0.2) is 36.0 Å². The number of amides is 1. The lowest BCUT2D eigenvalue weighted by molar-refractivity contribution is -0.00177. The van der Waals surface area contributed by atoms with E-state index in [1.165, 1.54) is 20.0 Å². The quantitative estimate of drug-likeness (QED) is 0.326. The zero-order valence-corrected chi connectivity index (χ0v) is 20.0. The molecule has 182 valence electrons. The van der Waals surface area contributed by atoms with Gasteiger partial charge in [0.1, 0.15) is 12.0 Å². The number of hydrogen-bond acceptors (Lipinski definition) is 8. The van der Waals surface area contributed by atoms with Crippen molar-refractivity contribution < 1.29 is 19.4 Å². The smallest absolute Gasteiger partial charge is 0.255 e. The van der Waals surface area contributed by atoms with Crippen LogP contribution in [0.2, 0.25) is 0 Å². The molecule has 3 atom stereocenters. The molecule has 0 saturated heterocycles. The van der Waals surface area contributed by atoms with Crippen molar-refractivity contribution in [3.8, 4) is 0 Å². The van der Waals surface area contributed by atoms with E-state index in [-0.39, 0.29) is 24.3 Å². The highest BCUT2D eigenvalue weighted by Crippen LogP contribution is 2.28. The Labute approximate surface area is 201 Å². The van der Waals surface area contributed by atoms with Gasteiger partial charge in [-0.1, -0.05) is 0 Å². The predicted molar refractivity (Wildman–Crippen MR) is 133 cm³/mol. The minimum atomic E-state index is -1.61. The van der Waals surface area contributed by atoms with Crippen LogP contribution in [0, 0.1) is 0 Å². The maximum Gasteiger partial charge on any atom is 0.255 e. The number of anilines is 3. The number of benzene rings is 1. The molecule has 0 bridgehead atoms. The maximum atomic E-state index is 14.2. The van der Waals surface area contributed by atoms with Gasteiger partial charge >= 0.3 is 0 Å². The van der Waals surface area contributed by atoms with Gasteiger partial charge in [0.2, 0.25) is 0 Å². The van der Waals surface area contributed by atoms with Gasteiger partial charge in [0.25, 0.3) is 5.91 Å². The summed E-state index contributed by atoms with van der Waals surface area (Å²) < 4.78 is 15.2. The van der Waals surface area contributed by atoms with Crippen LogP contribution in [-0.4, -0.2) is 56.6 Å². The minimum absolute atomic E-state index is 0.00407. The Morgan fingerprint density at radius 3 is 2.88 bits per heavy atom. The minimum Gasteiger partial charge on any atom is -0.393 e. The number of pyridine rings is 1. The lowest BCUT2D eigenvalue weighted by Crippen LogP contribution is -2.42. The van der Waals surface area contributed by atoms with E-state index >= 15 is 0 Å². The van der Waals surface area contributed by atoms with Gasteiger partial charge < -0.3 is 26.2 Å². The number of alkyl halides is 1. The summed E-state index contributed by atoms with van der Waals surface area (Å²) in [7, 11) is 0. The molecule has 1 aromatic carbocycles. The Bertz CT molecular complexity index is 1150. The van der Waals surface area contributed by atoms with Crippen molar-refractivity contribution in [2.75, 3.05) is 17.2 Å². The Balaban J connectivity index is 1.55. The van der Waals surface area contributed by atoms with E-state index in [0.29, 0.717) is 17.9 Å². The Morgan fingerprint density at radius 2 is 2.12 bits per heavy atom. The summed E-state index contributed by atoms with van der Waals surface area (Å²) in [6.07, 6.45) is 2.56. The molecule has 1 saturated carbocycles. The van der Waals surface area contributed by atoms with E-state index < -0.39 is 17.7 Å². The summed E-state index contributed by atoms with van der Waals surface area (Å²) in [6.45, 7) is 2.40. The number of rotatable bonds is 8. The number of nitrogens with one attached hydrogen (secondary N) is 3. The molecule has 2 heterocycles. The van der Waals surface area contributed by atoms with Crippen molar-refractivity contribution in [1.29, 1.82) is 0 Å². The molecule has 0 aliphatic heterocycles. The number of fused-ring (bicyclic) bond motifs is 1. The van der Waals surface area contributed by atoms with Crippen LogP contribution in [0.1, 0.15) is 49.9 Å². The fourth-order valence-corrected chi connectivity index (χ4v) is 4.66. The van der Waals surface area contributed by atoms with E-state index in [1.807, 2.05) is 18.2 Å². The number of thiazole rings is 1. The van der Waals surface area contributed by atoms with Crippen molar-refractivity contribution >= 4 is 44.7 Å². The van der Waals surface area contributed by atoms with Crippen molar-refractivity contribution in [3.63, 3.8) is 0 Å². The van der Waals surface area contributed by atoms with Gasteiger partial charge in [0.15, 0.2) is 0 Å². The molecule has 1 unspecified atom stereocenters. The van der Waals surface area contributed by atoms with Gasteiger partial charge in [-0.2, -0.15) is 0 Å². The molecule has 0 spiro atoms. The number of carbonyl (C=O) groups is 1. The van der Waals surface area contributed by atoms with Crippen LogP contribution in [0.3, 0.4) is 0 Å². The third-order valence-corrected chi connectivity index (χ3v) is 6.76. The molecule has 8 nitrogen and oxygen atoms in total. The molecular formula is C24H30FN5O3S. The first-order valence-corrected chi connectivity index (χ1v) is 12.3. The van der Waals surface area contributed by atoms with Crippen molar-refractivity contribution in [2.45, 2.75) is 63.4 Å². The second-order valence-electron chi connectivity index (χ2n) is 9.27.